The largest absolute Gasteiger partial charge is 0.394 e. The molecule has 2 N–H and O–H groups in total. The van der Waals surface area contributed by atoms with Gasteiger partial charge in [0.1, 0.15) is 5.82 Å². The second-order valence-electron chi connectivity index (χ2n) is 6.88. The van der Waals surface area contributed by atoms with Crippen molar-refractivity contribution in [1.82, 2.24) is 10.2 Å². The molecule has 1 amide bonds. The van der Waals surface area contributed by atoms with Crippen molar-refractivity contribution in [1.29, 1.82) is 0 Å². The Hall–Kier alpha value is -2.25. The predicted octanol–water partition coefficient (Wildman–Crippen LogP) is 3.17. The number of hydrogen-bond acceptors (Lipinski definition) is 4. The summed E-state index contributed by atoms with van der Waals surface area (Å²) in [5.74, 6) is -0.923. The number of amides is 1. The van der Waals surface area contributed by atoms with Crippen LogP contribution in [-0.4, -0.2) is 48.8 Å². The van der Waals surface area contributed by atoms with Gasteiger partial charge in [0.25, 0.3) is 0 Å². The number of aliphatic hydroxyl groups is 1. The van der Waals surface area contributed by atoms with Gasteiger partial charge in [0.15, 0.2) is 0 Å². The van der Waals surface area contributed by atoms with Crippen LogP contribution in [0.15, 0.2) is 48.5 Å². The molecular weight excluding hydrogens is 395 g/mol. The lowest BCUT2D eigenvalue weighted by Gasteiger charge is -2.27. The molecule has 0 aromatic heterocycles. The van der Waals surface area contributed by atoms with Crippen molar-refractivity contribution in [3.63, 3.8) is 0 Å². The number of nitrogens with zero attached hydrogens (tertiary/aromatic N) is 1. The van der Waals surface area contributed by atoms with Crippen LogP contribution in [0.1, 0.15) is 22.7 Å². The molecule has 0 aliphatic carbocycles. The summed E-state index contributed by atoms with van der Waals surface area (Å²) in [7, 11) is 0. The molecule has 0 saturated carbocycles. The third kappa shape index (κ3) is 6.37. The Morgan fingerprint density at radius 1 is 1.28 bits per heavy atom. The van der Waals surface area contributed by atoms with Crippen molar-refractivity contribution in [2.24, 2.45) is 0 Å². The number of aliphatic hydroxyl groups excluding tert-OH is 1. The minimum atomic E-state index is -0.549. The molecule has 1 fully saturated rings. The molecule has 1 atom stereocenters. The van der Waals surface area contributed by atoms with Gasteiger partial charge in [-0.2, -0.15) is 0 Å². The van der Waals surface area contributed by atoms with E-state index in [1.54, 1.807) is 6.07 Å². The number of carbonyl (C=O) groups excluding carboxylic acids is 1. The predicted molar refractivity (Wildman–Crippen MR) is 111 cm³/mol. The molecule has 1 aliphatic rings. The first-order chi connectivity index (χ1) is 14.0. The monoisotopic (exact) mass is 418 g/mol. The molecule has 2 aromatic carbocycles. The van der Waals surface area contributed by atoms with Gasteiger partial charge in [-0.05, 0) is 29.3 Å². The van der Waals surface area contributed by atoms with Crippen LogP contribution < -0.4 is 5.32 Å². The van der Waals surface area contributed by atoms with E-state index in [0.717, 1.165) is 44.0 Å². The lowest BCUT2D eigenvalue weighted by atomic mass is 10.0. The second kappa shape index (κ2) is 10.5. The van der Waals surface area contributed by atoms with Gasteiger partial charge in [0, 0.05) is 36.3 Å². The van der Waals surface area contributed by atoms with Gasteiger partial charge in [-0.1, -0.05) is 41.9 Å². The summed E-state index contributed by atoms with van der Waals surface area (Å²) in [4.78, 5) is 14.6. The zero-order chi connectivity index (χ0) is 20.6. The first kappa shape index (κ1) is 21.5. The van der Waals surface area contributed by atoms with Gasteiger partial charge in [-0.15, -0.1) is 0 Å². The molecule has 29 heavy (non-hydrogen) atoms. The summed E-state index contributed by atoms with van der Waals surface area (Å²) in [5, 5.41) is 12.8. The first-order valence-electron chi connectivity index (χ1n) is 9.48. The zero-order valence-electron chi connectivity index (χ0n) is 16.0. The standard InChI is InChI=1S/C22H24ClFN2O3/c23-19-6-4-17(20(24)13-19)5-7-22(28)25-21(15-27)18-3-1-2-16(12-18)14-26-8-10-29-11-9-26/h1-7,12-13,21,27H,8-11,14-15H2,(H,25,28)/b7-5+/t21-/m0/s1. The van der Waals surface area contributed by atoms with Crippen molar-refractivity contribution < 1.29 is 19.0 Å². The van der Waals surface area contributed by atoms with Crippen molar-refractivity contribution in [2.45, 2.75) is 12.6 Å². The van der Waals surface area contributed by atoms with E-state index in [9.17, 15) is 14.3 Å². The van der Waals surface area contributed by atoms with Gasteiger partial charge < -0.3 is 15.2 Å². The van der Waals surface area contributed by atoms with E-state index < -0.39 is 17.8 Å². The van der Waals surface area contributed by atoms with E-state index in [4.69, 9.17) is 16.3 Å². The van der Waals surface area contributed by atoms with Crippen molar-refractivity contribution in [3.05, 3.63) is 76.1 Å². The molecule has 5 nitrogen and oxygen atoms in total. The Morgan fingerprint density at radius 3 is 2.79 bits per heavy atom. The topological polar surface area (TPSA) is 61.8 Å². The van der Waals surface area contributed by atoms with Crippen LogP contribution in [0.5, 0.6) is 0 Å². The molecule has 0 unspecified atom stereocenters. The molecule has 0 bridgehead atoms. The molecule has 7 heteroatoms. The summed E-state index contributed by atoms with van der Waals surface area (Å²) < 4.78 is 19.2. The summed E-state index contributed by atoms with van der Waals surface area (Å²) in [6.07, 6.45) is 2.62. The Labute approximate surface area is 174 Å². The number of benzene rings is 2. The van der Waals surface area contributed by atoms with E-state index in [1.165, 1.54) is 24.3 Å². The van der Waals surface area contributed by atoms with Crippen molar-refractivity contribution in [3.8, 4) is 0 Å². The normalized spacial score (nSPS) is 16.1. The van der Waals surface area contributed by atoms with Crippen LogP contribution >= 0.6 is 11.6 Å². The fraction of sp³-hybridized carbons (Fsp3) is 0.318. The molecule has 0 radical (unpaired) electrons. The molecule has 1 aliphatic heterocycles. The Balaban J connectivity index is 1.63. The van der Waals surface area contributed by atoms with Gasteiger partial charge in [-0.25, -0.2) is 4.39 Å². The first-order valence-corrected chi connectivity index (χ1v) is 9.86. The highest BCUT2D eigenvalue weighted by atomic mass is 35.5. The third-order valence-corrected chi connectivity index (χ3v) is 4.97. The van der Waals surface area contributed by atoms with E-state index in [-0.39, 0.29) is 12.2 Å². The van der Waals surface area contributed by atoms with Crippen LogP contribution in [0.25, 0.3) is 6.08 Å². The number of morpholine rings is 1. The number of ether oxygens (including phenoxy) is 1. The van der Waals surface area contributed by atoms with Gasteiger partial charge in [0.2, 0.25) is 5.91 Å². The number of halogens is 2. The fourth-order valence-corrected chi connectivity index (χ4v) is 3.34. The minimum Gasteiger partial charge on any atom is -0.394 e. The van der Waals surface area contributed by atoms with Crippen LogP contribution in [0.3, 0.4) is 0 Å². The summed E-state index contributed by atoms with van der Waals surface area (Å²) in [6, 6.07) is 11.5. The minimum absolute atomic E-state index is 0.240. The van der Waals surface area contributed by atoms with Gasteiger partial charge in [-0.3, -0.25) is 9.69 Å². The smallest absolute Gasteiger partial charge is 0.244 e. The Kier molecular flexibility index (Phi) is 7.77. The number of nitrogens with one attached hydrogen (secondary N) is 1. The molecule has 154 valence electrons. The lowest BCUT2D eigenvalue weighted by molar-refractivity contribution is -0.117. The summed E-state index contributed by atoms with van der Waals surface area (Å²) >= 11 is 5.73. The Bertz CT molecular complexity index is 869. The van der Waals surface area contributed by atoms with Crippen LogP contribution in [0.4, 0.5) is 4.39 Å². The van der Waals surface area contributed by atoms with Crippen LogP contribution in [-0.2, 0) is 16.1 Å². The van der Waals surface area contributed by atoms with Gasteiger partial charge >= 0.3 is 0 Å². The summed E-state index contributed by atoms with van der Waals surface area (Å²) in [5.41, 5.74) is 2.19. The SMILES string of the molecule is O=C(/C=C/c1ccc(Cl)cc1F)N[C@@H](CO)c1cccc(CN2CCOCC2)c1. The number of rotatable bonds is 7. The van der Waals surface area contributed by atoms with E-state index in [0.29, 0.717) is 5.02 Å². The highest BCUT2D eigenvalue weighted by molar-refractivity contribution is 6.30. The van der Waals surface area contributed by atoms with E-state index in [1.807, 2.05) is 24.3 Å². The molecule has 1 saturated heterocycles. The maximum Gasteiger partial charge on any atom is 0.244 e. The molecule has 0 spiro atoms. The Morgan fingerprint density at radius 2 is 2.07 bits per heavy atom. The van der Waals surface area contributed by atoms with E-state index in [2.05, 4.69) is 10.2 Å². The fourth-order valence-electron chi connectivity index (χ4n) is 3.18. The molecule has 3 rings (SSSR count). The second-order valence-corrected chi connectivity index (χ2v) is 7.31. The highest BCUT2D eigenvalue weighted by Gasteiger charge is 2.15. The number of hydrogen-bond donors (Lipinski definition) is 2. The molecule has 2 aromatic rings. The lowest BCUT2D eigenvalue weighted by Crippen LogP contribution is -2.35. The average Bonchev–Trinajstić information content (AvgIpc) is 2.72. The maximum absolute atomic E-state index is 13.8. The van der Waals surface area contributed by atoms with E-state index >= 15 is 0 Å². The zero-order valence-corrected chi connectivity index (χ0v) is 16.7. The average molecular weight is 419 g/mol. The summed E-state index contributed by atoms with van der Waals surface area (Å²) in [6.45, 7) is 3.78. The molecular formula is C22H24ClFN2O3. The quantitative estimate of drug-likeness (QED) is 0.678. The van der Waals surface area contributed by atoms with Crippen LogP contribution in [0, 0.1) is 5.82 Å². The maximum atomic E-state index is 13.8. The third-order valence-electron chi connectivity index (χ3n) is 4.74. The van der Waals surface area contributed by atoms with Gasteiger partial charge in [0.05, 0.1) is 25.9 Å². The molecule has 1 heterocycles. The van der Waals surface area contributed by atoms with Crippen LogP contribution in [0.2, 0.25) is 5.02 Å². The number of carbonyl (C=O) groups is 1. The highest BCUT2D eigenvalue weighted by Crippen LogP contribution is 2.18. The van der Waals surface area contributed by atoms with Crippen molar-refractivity contribution >= 4 is 23.6 Å². The van der Waals surface area contributed by atoms with Crippen molar-refractivity contribution in [2.75, 3.05) is 32.9 Å².